The minimum Gasteiger partial charge on any atom is -0.245 e. The molecule has 68 valence electrons. The molecule has 0 spiro atoms. The van der Waals surface area contributed by atoms with E-state index >= 15 is 0 Å². The highest BCUT2D eigenvalue weighted by Gasteiger charge is 2.06. The first-order chi connectivity index (χ1) is 6.86. The lowest BCUT2D eigenvalue weighted by Gasteiger charge is -1.91. The molecule has 2 aromatic heterocycles. The minimum atomic E-state index is 1.11. The first-order valence-electron chi connectivity index (χ1n) is 4.28. The third-order valence-corrected chi connectivity index (χ3v) is 4.31. The number of pyridine rings is 1. The van der Waals surface area contributed by atoms with Gasteiger partial charge in [0.15, 0.2) is 0 Å². The van der Waals surface area contributed by atoms with Crippen molar-refractivity contribution in [3.05, 3.63) is 41.0 Å². The Bertz CT molecular complexity index is 615. The van der Waals surface area contributed by atoms with Gasteiger partial charge in [0, 0.05) is 21.4 Å². The number of benzene rings is 1. The molecule has 0 N–H and O–H groups in total. The minimum absolute atomic E-state index is 1.11. The molecule has 0 aliphatic rings. The standard InChI is InChI=1S/C11H6BrNS/c12-9-5-1-3-7-8-4-2-6-13-11(8)14-10(7)9/h1-6H. The molecule has 0 amide bonds. The highest BCUT2D eigenvalue weighted by atomic mass is 79.9. The fourth-order valence-electron chi connectivity index (χ4n) is 1.60. The van der Waals surface area contributed by atoms with Crippen molar-refractivity contribution in [2.24, 2.45) is 0 Å². The summed E-state index contributed by atoms with van der Waals surface area (Å²) >= 11 is 5.29. The lowest BCUT2D eigenvalue weighted by Crippen LogP contribution is -1.68. The van der Waals surface area contributed by atoms with Crippen LogP contribution in [0.25, 0.3) is 20.3 Å². The summed E-state index contributed by atoms with van der Waals surface area (Å²) in [6.07, 6.45) is 1.84. The van der Waals surface area contributed by atoms with Gasteiger partial charge in [-0.05, 0) is 34.1 Å². The molecule has 0 saturated heterocycles. The fourth-order valence-corrected chi connectivity index (χ4v) is 3.26. The number of rotatable bonds is 0. The second-order valence-corrected chi connectivity index (χ2v) is 4.93. The molecule has 0 fully saturated rings. The van der Waals surface area contributed by atoms with Crippen LogP contribution in [0.15, 0.2) is 41.0 Å². The Hall–Kier alpha value is -0.930. The topological polar surface area (TPSA) is 12.9 Å². The van der Waals surface area contributed by atoms with Crippen LogP contribution in [0.5, 0.6) is 0 Å². The van der Waals surface area contributed by atoms with Crippen LogP contribution in [0.1, 0.15) is 0 Å². The van der Waals surface area contributed by atoms with E-state index in [0.717, 1.165) is 9.30 Å². The Kier molecular flexibility index (Phi) is 1.82. The van der Waals surface area contributed by atoms with E-state index in [9.17, 15) is 0 Å². The molecule has 1 aromatic carbocycles. The molecule has 2 heterocycles. The quantitative estimate of drug-likeness (QED) is 0.592. The molecular weight excluding hydrogens is 258 g/mol. The van der Waals surface area contributed by atoms with Crippen LogP contribution in [-0.2, 0) is 0 Å². The highest BCUT2D eigenvalue weighted by molar-refractivity contribution is 9.10. The summed E-state index contributed by atoms with van der Waals surface area (Å²) in [5.74, 6) is 0. The maximum atomic E-state index is 4.36. The van der Waals surface area contributed by atoms with Crippen LogP contribution in [0.2, 0.25) is 0 Å². The van der Waals surface area contributed by atoms with Crippen molar-refractivity contribution in [2.45, 2.75) is 0 Å². The van der Waals surface area contributed by atoms with Crippen LogP contribution < -0.4 is 0 Å². The van der Waals surface area contributed by atoms with Gasteiger partial charge in [-0.1, -0.05) is 12.1 Å². The number of halogens is 1. The summed E-state index contributed by atoms with van der Waals surface area (Å²) < 4.78 is 2.43. The van der Waals surface area contributed by atoms with Gasteiger partial charge in [-0.3, -0.25) is 0 Å². The van der Waals surface area contributed by atoms with Crippen LogP contribution >= 0.6 is 27.3 Å². The van der Waals surface area contributed by atoms with E-state index in [1.807, 2.05) is 12.3 Å². The Morgan fingerprint density at radius 2 is 1.93 bits per heavy atom. The average Bonchev–Trinajstić information content (AvgIpc) is 2.59. The monoisotopic (exact) mass is 263 g/mol. The Labute approximate surface area is 93.5 Å². The van der Waals surface area contributed by atoms with E-state index in [0.29, 0.717) is 0 Å². The van der Waals surface area contributed by atoms with Gasteiger partial charge in [-0.15, -0.1) is 11.3 Å². The number of nitrogens with zero attached hydrogens (tertiary/aromatic N) is 1. The second kappa shape index (κ2) is 3.04. The van der Waals surface area contributed by atoms with E-state index in [1.54, 1.807) is 11.3 Å². The maximum Gasteiger partial charge on any atom is 0.124 e. The summed E-state index contributed by atoms with van der Waals surface area (Å²) in [5, 5.41) is 2.53. The van der Waals surface area contributed by atoms with Crippen molar-refractivity contribution in [1.82, 2.24) is 4.98 Å². The van der Waals surface area contributed by atoms with Crippen LogP contribution in [0, 0.1) is 0 Å². The van der Waals surface area contributed by atoms with Crippen LogP contribution in [0.3, 0.4) is 0 Å². The molecule has 14 heavy (non-hydrogen) atoms. The lowest BCUT2D eigenvalue weighted by atomic mass is 10.2. The van der Waals surface area contributed by atoms with Gasteiger partial charge in [0.2, 0.25) is 0 Å². The van der Waals surface area contributed by atoms with E-state index in [-0.39, 0.29) is 0 Å². The summed E-state index contributed by atoms with van der Waals surface area (Å²) in [6, 6.07) is 10.4. The van der Waals surface area contributed by atoms with Gasteiger partial charge in [0.05, 0.1) is 4.70 Å². The molecule has 0 bridgehead atoms. The zero-order valence-electron chi connectivity index (χ0n) is 7.20. The van der Waals surface area contributed by atoms with Crippen molar-refractivity contribution in [3.8, 4) is 0 Å². The number of hydrogen-bond donors (Lipinski definition) is 0. The van der Waals surface area contributed by atoms with Gasteiger partial charge in [0.25, 0.3) is 0 Å². The number of fused-ring (bicyclic) bond motifs is 3. The summed E-state index contributed by atoms with van der Waals surface area (Å²) in [4.78, 5) is 5.46. The summed E-state index contributed by atoms with van der Waals surface area (Å²) in [5.41, 5.74) is 0. The van der Waals surface area contributed by atoms with Crippen molar-refractivity contribution in [1.29, 1.82) is 0 Å². The molecule has 0 saturated carbocycles. The first kappa shape index (κ1) is 8.38. The largest absolute Gasteiger partial charge is 0.245 e. The van der Waals surface area contributed by atoms with Crippen molar-refractivity contribution in [3.63, 3.8) is 0 Å². The Morgan fingerprint density at radius 3 is 2.86 bits per heavy atom. The smallest absolute Gasteiger partial charge is 0.124 e. The third-order valence-electron chi connectivity index (χ3n) is 2.23. The average molecular weight is 264 g/mol. The van der Waals surface area contributed by atoms with Crippen LogP contribution in [-0.4, -0.2) is 4.98 Å². The van der Waals surface area contributed by atoms with E-state index in [2.05, 4.69) is 45.2 Å². The summed E-state index contributed by atoms with van der Waals surface area (Å²) in [6.45, 7) is 0. The predicted octanol–water partition coefficient (Wildman–Crippen LogP) is 4.21. The zero-order chi connectivity index (χ0) is 9.54. The molecule has 3 aromatic rings. The molecule has 3 rings (SSSR count). The van der Waals surface area contributed by atoms with Gasteiger partial charge in [-0.2, -0.15) is 0 Å². The normalized spacial score (nSPS) is 11.2. The summed E-state index contributed by atoms with van der Waals surface area (Å²) in [7, 11) is 0. The Balaban J connectivity index is 2.63. The Morgan fingerprint density at radius 1 is 1.07 bits per heavy atom. The number of thiophene rings is 1. The molecule has 0 unspecified atom stereocenters. The highest BCUT2D eigenvalue weighted by Crippen LogP contribution is 2.36. The molecule has 0 radical (unpaired) electrons. The third kappa shape index (κ3) is 1.09. The maximum absolute atomic E-state index is 4.36. The lowest BCUT2D eigenvalue weighted by molar-refractivity contribution is 1.45. The van der Waals surface area contributed by atoms with Crippen molar-refractivity contribution < 1.29 is 0 Å². The second-order valence-electron chi connectivity index (χ2n) is 3.07. The van der Waals surface area contributed by atoms with Gasteiger partial charge in [-0.25, -0.2) is 4.98 Å². The van der Waals surface area contributed by atoms with E-state index in [1.165, 1.54) is 15.5 Å². The predicted molar refractivity (Wildman–Crippen MR) is 64.8 cm³/mol. The van der Waals surface area contributed by atoms with Crippen molar-refractivity contribution >= 4 is 47.6 Å². The molecule has 0 atom stereocenters. The van der Waals surface area contributed by atoms with Gasteiger partial charge < -0.3 is 0 Å². The zero-order valence-corrected chi connectivity index (χ0v) is 9.60. The first-order valence-corrected chi connectivity index (χ1v) is 5.89. The molecule has 0 aliphatic carbocycles. The molecule has 3 heteroatoms. The van der Waals surface area contributed by atoms with Gasteiger partial charge >= 0.3 is 0 Å². The van der Waals surface area contributed by atoms with Crippen LogP contribution in [0.4, 0.5) is 0 Å². The molecular formula is C11H6BrNS. The molecule has 1 nitrogen and oxygen atoms in total. The van der Waals surface area contributed by atoms with E-state index < -0.39 is 0 Å². The molecule has 0 aliphatic heterocycles. The van der Waals surface area contributed by atoms with Gasteiger partial charge in [0.1, 0.15) is 4.83 Å². The van der Waals surface area contributed by atoms with E-state index in [4.69, 9.17) is 0 Å². The number of hydrogen-bond acceptors (Lipinski definition) is 2. The number of aromatic nitrogens is 1. The van der Waals surface area contributed by atoms with Crippen molar-refractivity contribution in [2.75, 3.05) is 0 Å². The SMILES string of the molecule is Brc1cccc2c1sc1ncccc12. The fraction of sp³-hybridized carbons (Fsp3) is 0.